The predicted octanol–water partition coefficient (Wildman–Crippen LogP) is 4.52. The van der Waals surface area contributed by atoms with Crippen molar-refractivity contribution in [1.82, 2.24) is 5.32 Å². The zero-order valence-corrected chi connectivity index (χ0v) is 13.4. The highest BCUT2D eigenvalue weighted by Gasteiger charge is 2.18. The molecule has 1 aromatic carbocycles. The van der Waals surface area contributed by atoms with Crippen LogP contribution in [0.15, 0.2) is 18.2 Å². The zero-order valence-electron chi connectivity index (χ0n) is 13.4. The second-order valence-corrected chi connectivity index (χ2v) is 6.47. The molecular weight excluding hydrogens is 242 g/mol. The molecule has 0 bridgehead atoms. The van der Waals surface area contributed by atoms with E-state index in [1.54, 1.807) is 16.7 Å². The van der Waals surface area contributed by atoms with Gasteiger partial charge in [0, 0.05) is 0 Å². The Bertz CT molecular complexity index is 391. The molecule has 0 atom stereocenters. The van der Waals surface area contributed by atoms with Crippen LogP contribution in [-0.2, 0) is 19.3 Å². The Morgan fingerprint density at radius 1 is 0.950 bits per heavy atom. The standard InChI is InChI=1S/C17H24.C2H7N/c1-2-7-14(8-3-1)13-16-11-6-10-15-9-4-5-12-17(15)16;1-3-2/h6,10-11,14H,1-5,7-9,12-13H2;3H,1-2H3. The Labute approximate surface area is 125 Å². The van der Waals surface area contributed by atoms with Crippen LogP contribution in [0.4, 0.5) is 0 Å². The maximum Gasteiger partial charge on any atom is -0.0167 e. The Morgan fingerprint density at radius 3 is 2.40 bits per heavy atom. The smallest absolute Gasteiger partial charge is 0.0167 e. The van der Waals surface area contributed by atoms with Crippen molar-refractivity contribution in [2.75, 3.05) is 14.1 Å². The van der Waals surface area contributed by atoms with Gasteiger partial charge in [0.15, 0.2) is 0 Å². The van der Waals surface area contributed by atoms with Crippen LogP contribution < -0.4 is 5.32 Å². The molecule has 2 aliphatic rings. The van der Waals surface area contributed by atoms with Gasteiger partial charge >= 0.3 is 0 Å². The Kier molecular flexibility index (Phi) is 6.59. The third-order valence-corrected chi connectivity index (χ3v) is 4.73. The second-order valence-electron chi connectivity index (χ2n) is 6.47. The van der Waals surface area contributed by atoms with E-state index < -0.39 is 0 Å². The van der Waals surface area contributed by atoms with E-state index in [2.05, 4.69) is 23.5 Å². The first-order chi connectivity index (χ1) is 9.85. The molecule has 112 valence electrons. The van der Waals surface area contributed by atoms with Crippen LogP contribution >= 0.6 is 0 Å². The van der Waals surface area contributed by atoms with Gasteiger partial charge in [-0.25, -0.2) is 0 Å². The molecule has 0 aromatic heterocycles. The van der Waals surface area contributed by atoms with Crippen LogP contribution in [0.5, 0.6) is 0 Å². The SMILES string of the molecule is CNC.c1cc2c(c(CC3CCCCC3)c1)CCCC2. The summed E-state index contributed by atoms with van der Waals surface area (Å²) < 4.78 is 0. The molecule has 0 aliphatic heterocycles. The van der Waals surface area contributed by atoms with Crippen LogP contribution in [0.1, 0.15) is 61.6 Å². The van der Waals surface area contributed by atoms with E-state index in [0.717, 1.165) is 5.92 Å². The summed E-state index contributed by atoms with van der Waals surface area (Å²) in [6.07, 6.45) is 14.2. The molecule has 0 saturated heterocycles. The molecule has 3 rings (SSSR count). The fourth-order valence-corrected chi connectivity index (χ4v) is 3.75. The summed E-state index contributed by atoms with van der Waals surface area (Å²) in [4.78, 5) is 0. The zero-order chi connectivity index (χ0) is 14.2. The lowest BCUT2D eigenvalue weighted by Gasteiger charge is -2.25. The molecule has 1 nitrogen and oxygen atoms in total. The molecule has 1 aromatic rings. The lowest BCUT2D eigenvalue weighted by Crippen LogP contribution is -2.13. The number of rotatable bonds is 2. The molecule has 0 amide bonds. The Balaban J connectivity index is 0.000000452. The van der Waals surface area contributed by atoms with Gasteiger partial charge in [0.05, 0.1) is 0 Å². The number of benzene rings is 1. The van der Waals surface area contributed by atoms with Gasteiger partial charge in [0.1, 0.15) is 0 Å². The molecule has 20 heavy (non-hydrogen) atoms. The van der Waals surface area contributed by atoms with Crippen molar-refractivity contribution in [3.05, 3.63) is 34.9 Å². The molecular formula is C19H31N. The number of hydrogen-bond acceptors (Lipinski definition) is 1. The summed E-state index contributed by atoms with van der Waals surface area (Å²) in [5, 5.41) is 2.75. The molecule has 0 unspecified atom stereocenters. The van der Waals surface area contributed by atoms with Crippen molar-refractivity contribution in [1.29, 1.82) is 0 Å². The van der Waals surface area contributed by atoms with E-state index in [0.29, 0.717) is 0 Å². The van der Waals surface area contributed by atoms with Crippen molar-refractivity contribution >= 4 is 0 Å². The maximum absolute atomic E-state index is 2.75. The third kappa shape index (κ3) is 4.34. The predicted molar refractivity (Wildman–Crippen MR) is 88.3 cm³/mol. The fourth-order valence-electron chi connectivity index (χ4n) is 3.75. The van der Waals surface area contributed by atoms with Crippen molar-refractivity contribution in [3.8, 4) is 0 Å². The van der Waals surface area contributed by atoms with Crippen LogP contribution in [0.3, 0.4) is 0 Å². The van der Waals surface area contributed by atoms with Crippen LogP contribution in [0.2, 0.25) is 0 Å². The number of hydrogen-bond donors (Lipinski definition) is 1. The van der Waals surface area contributed by atoms with Gasteiger partial charge in [0.2, 0.25) is 0 Å². The van der Waals surface area contributed by atoms with Crippen molar-refractivity contribution in [2.45, 2.75) is 64.2 Å². The normalized spacial score (nSPS) is 18.9. The van der Waals surface area contributed by atoms with Gasteiger partial charge in [-0.15, -0.1) is 0 Å². The van der Waals surface area contributed by atoms with Crippen molar-refractivity contribution < 1.29 is 0 Å². The lowest BCUT2D eigenvalue weighted by atomic mass is 9.81. The molecule has 2 aliphatic carbocycles. The average molecular weight is 273 g/mol. The van der Waals surface area contributed by atoms with E-state index >= 15 is 0 Å². The van der Waals surface area contributed by atoms with Gasteiger partial charge in [-0.1, -0.05) is 50.3 Å². The molecule has 0 radical (unpaired) electrons. The minimum absolute atomic E-state index is 0.983. The minimum atomic E-state index is 0.983. The molecule has 1 N–H and O–H groups in total. The second kappa shape index (κ2) is 8.46. The largest absolute Gasteiger partial charge is 0.323 e. The quantitative estimate of drug-likeness (QED) is 0.835. The summed E-state index contributed by atoms with van der Waals surface area (Å²) in [7, 11) is 3.75. The fraction of sp³-hybridized carbons (Fsp3) is 0.684. The topological polar surface area (TPSA) is 12.0 Å². The maximum atomic E-state index is 2.75. The molecule has 0 heterocycles. The first-order valence-electron chi connectivity index (χ1n) is 8.53. The summed E-state index contributed by atoms with van der Waals surface area (Å²) in [6.45, 7) is 0. The Morgan fingerprint density at radius 2 is 1.65 bits per heavy atom. The van der Waals surface area contributed by atoms with E-state index in [1.165, 1.54) is 64.2 Å². The van der Waals surface area contributed by atoms with Crippen molar-refractivity contribution in [2.24, 2.45) is 5.92 Å². The average Bonchev–Trinajstić information content (AvgIpc) is 2.50. The molecule has 0 spiro atoms. The lowest BCUT2D eigenvalue weighted by molar-refractivity contribution is 0.355. The van der Waals surface area contributed by atoms with Gasteiger partial charge in [-0.3, -0.25) is 0 Å². The number of aryl methyl sites for hydroxylation is 1. The summed E-state index contributed by atoms with van der Waals surface area (Å²) in [6, 6.07) is 7.06. The van der Waals surface area contributed by atoms with E-state index in [1.807, 2.05) is 14.1 Å². The van der Waals surface area contributed by atoms with Gasteiger partial charge in [-0.05, 0) is 68.8 Å². The number of nitrogens with one attached hydrogen (secondary N) is 1. The monoisotopic (exact) mass is 273 g/mol. The Hall–Kier alpha value is -0.820. The van der Waals surface area contributed by atoms with Crippen molar-refractivity contribution in [3.63, 3.8) is 0 Å². The van der Waals surface area contributed by atoms with Gasteiger partial charge < -0.3 is 5.32 Å². The highest BCUT2D eigenvalue weighted by atomic mass is 14.7. The summed E-state index contributed by atoms with van der Waals surface area (Å²) >= 11 is 0. The van der Waals surface area contributed by atoms with Crippen LogP contribution in [0.25, 0.3) is 0 Å². The number of fused-ring (bicyclic) bond motifs is 1. The highest BCUT2D eigenvalue weighted by Crippen LogP contribution is 2.31. The summed E-state index contributed by atoms with van der Waals surface area (Å²) in [5.41, 5.74) is 5.07. The first-order valence-corrected chi connectivity index (χ1v) is 8.53. The molecule has 1 fully saturated rings. The van der Waals surface area contributed by atoms with Crippen LogP contribution in [-0.4, -0.2) is 14.1 Å². The van der Waals surface area contributed by atoms with Gasteiger partial charge in [-0.2, -0.15) is 0 Å². The molecule has 1 saturated carbocycles. The van der Waals surface area contributed by atoms with Crippen LogP contribution in [0, 0.1) is 5.92 Å². The van der Waals surface area contributed by atoms with E-state index in [9.17, 15) is 0 Å². The summed E-state index contributed by atoms with van der Waals surface area (Å²) in [5.74, 6) is 0.983. The first kappa shape index (κ1) is 15.6. The van der Waals surface area contributed by atoms with E-state index in [4.69, 9.17) is 0 Å². The minimum Gasteiger partial charge on any atom is -0.323 e. The van der Waals surface area contributed by atoms with Gasteiger partial charge in [0.25, 0.3) is 0 Å². The highest BCUT2D eigenvalue weighted by molar-refractivity contribution is 5.37. The molecule has 1 heteroatoms. The van der Waals surface area contributed by atoms with E-state index in [-0.39, 0.29) is 0 Å². The third-order valence-electron chi connectivity index (χ3n) is 4.73.